The lowest BCUT2D eigenvalue weighted by Gasteiger charge is -2.30. The summed E-state index contributed by atoms with van der Waals surface area (Å²) in [6, 6.07) is 12.2. The molecule has 2 aromatic carbocycles. The van der Waals surface area contributed by atoms with E-state index in [1.165, 1.54) is 0 Å². The highest BCUT2D eigenvalue weighted by Crippen LogP contribution is 2.28. The van der Waals surface area contributed by atoms with E-state index >= 15 is 0 Å². The molecule has 1 aliphatic rings. The zero-order chi connectivity index (χ0) is 25.8. The third kappa shape index (κ3) is 7.70. The lowest BCUT2D eigenvalue weighted by Crippen LogP contribution is -2.38. The monoisotopic (exact) mass is 501 g/mol. The number of sulfonamides is 1. The standard InChI is InChI=1S/C27H39N3O4S/c1-20-9-12-24(13-10-20)35(32,33)28-22-11-14-25(29(5)6)21(16-22)18-30(19-23-8-7-15-34-23)26(31)17-27(2,3)4/h9-14,16,23,28H,7-8,15,17-19H2,1-6H3/t23-/m0/s1. The molecule has 3 rings (SSSR count). The number of aryl methyl sites for hydroxylation is 1. The quantitative estimate of drug-likeness (QED) is 0.534. The molecule has 7 nitrogen and oxygen atoms in total. The molecule has 0 spiro atoms. The number of anilines is 2. The van der Waals surface area contributed by atoms with Gasteiger partial charge in [-0.1, -0.05) is 38.5 Å². The van der Waals surface area contributed by atoms with Crippen molar-refractivity contribution in [1.82, 2.24) is 4.90 Å². The van der Waals surface area contributed by atoms with Gasteiger partial charge in [0.05, 0.1) is 11.0 Å². The fourth-order valence-corrected chi connectivity index (χ4v) is 5.25. The molecule has 1 atom stereocenters. The fraction of sp³-hybridized carbons (Fsp3) is 0.519. The summed E-state index contributed by atoms with van der Waals surface area (Å²) >= 11 is 0. The van der Waals surface area contributed by atoms with E-state index in [9.17, 15) is 13.2 Å². The van der Waals surface area contributed by atoms with Gasteiger partial charge in [0.15, 0.2) is 0 Å². The molecule has 0 unspecified atom stereocenters. The smallest absolute Gasteiger partial charge is 0.261 e. The summed E-state index contributed by atoms with van der Waals surface area (Å²) in [6.45, 7) is 9.72. The van der Waals surface area contributed by atoms with Crippen molar-refractivity contribution in [2.75, 3.05) is 36.9 Å². The van der Waals surface area contributed by atoms with Crippen LogP contribution in [0.4, 0.5) is 11.4 Å². The molecular weight excluding hydrogens is 462 g/mol. The molecular formula is C27H39N3O4S. The van der Waals surface area contributed by atoms with Gasteiger partial charge in [0, 0.05) is 51.6 Å². The van der Waals surface area contributed by atoms with Crippen LogP contribution in [0.15, 0.2) is 47.4 Å². The highest BCUT2D eigenvalue weighted by Gasteiger charge is 2.27. The molecule has 8 heteroatoms. The number of ether oxygens (including phenoxy) is 1. The van der Waals surface area contributed by atoms with E-state index in [0.717, 1.165) is 36.3 Å². The molecule has 1 N–H and O–H groups in total. The predicted molar refractivity (Wildman–Crippen MR) is 141 cm³/mol. The first-order valence-corrected chi connectivity index (χ1v) is 13.6. The average Bonchev–Trinajstić information content (AvgIpc) is 3.25. The SMILES string of the molecule is Cc1ccc(S(=O)(=O)Nc2ccc(N(C)C)c(CN(C[C@@H]3CCCO3)C(=O)CC(C)(C)C)c2)cc1. The van der Waals surface area contributed by atoms with Gasteiger partial charge in [-0.25, -0.2) is 8.42 Å². The Morgan fingerprint density at radius 1 is 1.11 bits per heavy atom. The summed E-state index contributed by atoms with van der Waals surface area (Å²) in [4.78, 5) is 17.4. The Bertz CT molecular complexity index is 1120. The van der Waals surface area contributed by atoms with E-state index in [0.29, 0.717) is 25.2 Å². The van der Waals surface area contributed by atoms with E-state index in [4.69, 9.17) is 4.74 Å². The maximum Gasteiger partial charge on any atom is 0.261 e. The Balaban J connectivity index is 1.90. The first kappa shape index (κ1) is 27.0. The van der Waals surface area contributed by atoms with Crippen LogP contribution in [0.3, 0.4) is 0 Å². The third-order valence-corrected chi connectivity index (χ3v) is 7.39. The van der Waals surface area contributed by atoms with Crippen molar-refractivity contribution in [3.8, 4) is 0 Å². The molecule has 0 radical (unpaired) electrons. The first-order chi connectivity index (χ1) is 16.3. The van der Waals surface area contributed by atoms with Crippen LogP contribution in [0, 0.1) is 12.3 Å². The molecule has 1 amide bonds. The highest BCUT2D eigenvalue weighted by molar-refractivity contribution is 7.92. The van der Waals surface area contributed by atoms with Gasteiger partial charge in [0.2, 0.25) is 5.91 Å². The van der Waals surface area contributed by atoms with Gasteiger partial charge < -0.3 is 14.5 Å². The summed E-state index contributed by atoms with van der Waals surface area (Å²) in [5.41, 5.74) is 3.13. The number of nitrogens with one attached hydrogen (secondary N) is 1. The van der Waals surface area contributed by atoms with Crippen LogP contribution in [0.5, 0.6) is 0 Å². The molecule has 1 saturated heterocycles. The Morgan fingerprint density at radius 2 is 1.80 bits per heavy atom. The van der Waals surface area contributed by atoms with Crippen LogP contribution < -0.4 is 9.62 Å². The van der Waals surface area contributed by atoms with Crippen molar-refractivity contribution in [3.05, 3.63) is 53.6 Å². The molecule has 2 aromatic rings. The second kappa shape index (κ2) is 11.0. The van der Waals surface area contributed by atoms with Gasteiger partial charge in [0.25, 0.3) is 10.0 Å². The normalized spacial score (nSPS) is 16.2. The fourth-order valence-electron chi connectivity index (χ4n) is 4.20. The number of hydrogen-bond acceptors (Lipinski definition) is 5. The molecule has 0 aromatic heterocycles. The summed E-state index contributed by atoms with van der Waals surface area (Å²) in [5, 5.41) is 0. The molecule has 192 valence electrons. The van der Waals surface area contributed by atoms with Crippen LogP contribution in [0.2, 0.25) is 0 Å². The van der Waals surface area contributed by atoms with E-state index in [1.807, 2.05) is 43.0 Å². The molecule has 1 fully saturated rings. The second-order valence-electron chi connectivity index (χ2n) is 10.8. The summed E-state index contributed by atoms with van der Waals surface area (Å²) in [6.07, 6.45) is 2.41. The van der Waals surface area contributed by atoms with Crippen molar-refractivity contribution >= 4 is 27.3 Å². The maximum absolute atomic E-state index is 13.3. The lowest BCUT2D eigenvalue weighted by atomic mass is 9.91. The van der Waals surface area contributed by atoms with Gasteiger partial charge >= 0.3 is 0 Å². The van der Waals surface area contributed by atoms with Crippen LogP contribution in [-0.4, -0.2) is 52.6 Å². The number of benzene rings is 2. The molecule has 0 bridgehead atoms. The number of nitrogens with zero attached hydrogens (tertiary/aromatic N) is 2. The van der Waals surface area contributed by atoms with Crippen molar-refractivity contribution in [1.29, 1.82) is 0 Å². The van der Waals surface area contributed by atoms with E-state index < -0.39 is 10.0 Å². The summed E-state index contributed by atoms with van der Waals surface area (Å²) in [7, 11) is 0.150. The van der Waals surface area contributed by atoms with Crippen molar-refractivity contribution in [2.45, 2.75) is 64.5 Å². The van der Waals surface area contributed by atoms with Gasteiger partial charge in [-0.05, 0) is 61.1 Å². The largest absolute Gasteiger partial charge is 0.377 e. The zero-order valence-electron chi connectivity index (χ0n) is 21.8. The molecule has 0 aliphatic carbocycles. The van der Waals surface area contributed by atoms with Crippen molar-refractivity contribution in [2.24, 2.45) is 5.41 Å². The van der Waals surface area contributed by atoms with Crippen LogP contribution in [0.1, 0.15) is 51.2 Å². The third-order valence-electron chi connectivity index (χ3n) is 5.99. The van der Waals surface area contributed by atoms with Gasteiger partial charge in [-0.3, -0.25) is 9.52 Å². The maximum atomic E-state index is 13.3. The first-order valence-electron chi connectivity index (χ1n) is 12.1. The van der Waals surface area contributed by atoms with Gasteiger partial charge in [-0.2, -0.15) is 0 Å². The lowest BCUT2D eigenvalue weighted by molar-refractivity contribution is -0.135. The number of carbonyl (C=O) groups excluding carboxylic acids is 1. The number of carbonyl (C=O) groups is 1. The molecule has 35 heavy (non-hydrogen) atoms. The number of rotatable bonds is 9. The summed E-state index contributed by atoms with van der Waals surface area (Å²) < 4.78 is 34.4. The Labute approximate surface area is 210 Å². The van der Waals surface area contributed by atoms with Crippen molar-refractivity contribution < 1.29 is 17.9 Å². The van der Waals surface area contributed by atoms with Crippen LogP contribution in [0.25, 0.3) is 0 Å². The Kier molecular flexibility index (Phi) is 8.49. The van der Waals surface area contributed by atoms with Crippen molar-refractivity contribution in [3.63, 3.8) is 0 Å². The minimum Gasteiger partial charge on any atom is -0.377 e. The van der Waals surface area contributed by atoms with Gasteiger partial charge in [0.1, 0.15) is 0 Å². The van der Waals surface area contributed by atoms with E-state index in [1.54, 1.807) is 30.3 Å². The minimum absolute atomic E-state index is 0.0324. The zero-order valence-corrected chi connectivity index (χ0v) is 22.6. The average molecular weight is 502 g/mol. The Hall–Kier alpha value is -2.58. The number of hydrogen-bond donors (Lipinski definition) is 1. The van der Waals surface area contributed by atoms with Crippen LogP contribution in [-0.2, 0) is 26.1 Å². The molecule has 0 saturated carbocycles. The Morgan fingerprint density at radius 3 is 2.37 bits per heavy atom. The minimum atomic E-state index is -3.73. The number of amides is 1. The van der Waals surface area contributed by atoms with Crippen LogP contribution >= 0.6 is 0 Å². The van der Waals surface area contributed by atoms with E-state index in [2.05, 4.69) is 25.5 Å². The highest BCUT2D eigenvalue weighted by atomic mass is 32.2. The summed E-state index contributed by atoms with van der Waals surface area (Å²) in [5.74, 6) is 0.0725. The topological polar surface area (TPSA) is 79.0 Å². The second-order valence-corrected chi connectivity index (χ2v) is 12.5. The molecule has 1 aliphatic heterocycles. The van der Waals surface area contributed by atoms with E-state index in [-0.39, 0.29) is 22.3 Å². The van der Waals surface area contributed by atoms with Gasteiger partial charge in [-0.15, -0.1) is 0 Å². The predicted octanol–water partition coefficient (Wildman–Crippen LogP) is 4.81. The molecule has 1 heterocycles.